The van der Waals surface area contributed by atoms with Crippen molar-refractivity contribution in [3.63, 3.8) is 0 Å². The standard InChI is InChI=1S/C29H23N3O4S/c1-36-24-13-11-22(12-14-24)31-37(34,35)28-16-15-27(25-9-5-6-10-26(25)28)32(23-7-3-2-4-8-23)29(33)21-17-19-30-20-18-21/h2-20,31H,1H3. The van der Waals surface area contributed by atoms with Gasteiger partial charge in [0, 0.05) is 40.1 Å². The highest BCUT2D eigenvalue weighted by atomic mass is 32.2. The van der Waals surface area contributed by atoms with Crippen LogP contribution in [0.1, 0.15) is 10.4 Å². The molecule has 0 fully saturated rings. The molecule has 4 aromatic carbocycles. The molecule has 5 rings (SSSR count). The number of benzene rings is 4. The van der Waals surface area contributed by atoms with Crippen LogP contribution in [0.15, 0.2) is 120 Å². The van der Waals surface area contributed by atoms with E-state index in [1.165, 1.54) is 6.07 Å². The Hall–Kier alpha value is -4.69. The minimum atomic E-state index is -3.94. The zero-order chi connectivity index (χ0) is 25.8. The maximum absolute atomic E-state index is 13.7. The second-order valence-electron chi connectivity index (χ2n) is 8.17. The number of nitrogens with one attached hydrogen (secondary N) is 1. The topological polar surface area (TPSA) is 88.6 Å². The van der Waals surface area contributed by atoms with Crippen LogP contribution < -0.4 is 14.4 Å². The number of ether oxygens (including phenoxy) is 1. The summed E-state index contributed by atoms with van der Waals surface area (Å²) in [5, 5.41) is 1.11. The van der Waals surface area contributed by atoms with Crippen LogP contribution in [0.2, 0.25) is 0 Å². The molecule has 8 heteroatoms. The highest BCUT2D eigenvalue weighted by Gasteiger charge is 2.25. The van der Waals surface area contributed by atoms with Crippen LogP contribution in [0.4, 0.5) is 17.1 Å². The van der Waals surface area contributed by atoms with Crippen LogP contribution in [-0.2, 0) is 10.0 Å². The van der Waals surface area contributed by atoms with Gasteiger partial charge in [0.1, 0.15) is 5.75 Å². The monoisotopic (exact) mass is 509 g/mol. The van der Waals surface area contributed by atoms with E-state index in [1.54, 1.807) is 79.0 Å². The first-order chi connectivity index (χ1) is 18.0. The number of rotatable bonds is 7. The van der Waals surface area contributed by atoms with E-state index < -0.39 is 10.0 Å². The molecular weight excluding hydrogens is 486 g/mol. The number of carbonyl (C=O) groups excluding carboxylic acids is 1. The number of hydrogen-bond donors (Lipinski definition) is 1. The van der Waals surface area contributed by atoms with Crippen LogP contribution in [0.25, 0.3) is 10.8 Å². The number of anilines is 3. The van der Waals surface area contributed by atoms with E-state index in [0.717, 1.165) is 0 Å². The summed E-state index contributed by atoms with van der Waals surface area (Å²) in [5.41, 5.74) is 2.09. The van der Waals surface area contributed by atoms with Gasteiger partial charge in [0.15, 0.2) is 0 Å². The van der Waals surface area contributed by atoms with Gasteiger partial charge in [0.25, 0.3) is 15.9 Å². The third-order valence-corrected chi connectivity index (χ3v) is 7.32. The molecule has 0 bridgehead atoms. The van der Waals surface area contributed by atoms with Gasteiger partial charge in [-0.1, -0.05) is 42.5 Å². The van der Waals surface area contributed by atoms with Gasteiger partial charge in [-0.2, -0.15) is 0 Å². The van der Waals surface area contributed by atoms with Gasteiger partial charge in [0.2, 0.25) is 0 Å². The third-order valence-electron chi connectivity index (χ3n) is 5.88. The summed E-state index contributed by atoms with van der Waals surface area (Å²) in [5.74, 6) is 0.364. The number of methoxy groups -OCH3 is 1. The van der Waals surface area contributed by atoms with Gasteiger partial charge in [-0.25, -0.2) is 8.42 Å². The summed E-state index contributed by atoms with van der Waals surface area (Å²) in [6, 6.07) is 29.5. The lowest BCUT2D eigenvalue weighted by Crippen LogP contribution is -2.26. The van der Waals surface area contributed by atoms with E-state index in [1.807, 2.05) is 42.5 Å². The Labute approximate surface area is 215 Å². The SMILES string of the molecule is COc1ccc(NS(=O)(=O)c2ccc(N(C(=O)c3ccncc3)c3ccccc3)c3ccccc23)cc1. The number of carbonyl (C=O) groups is 1. The fraction of sp³-hybridized carbons (Fsp3) is 0.0345. The summed E-state index contributed by atoms with van der Waals surface area (Å²) in [6.45, 7) is 0. The molecule has 0 aliphatic rings. The van der Waals surface area contributed by atoms with Crippen molar-refractivity contribution in [1.82, 2.24) is 4.98 Å². The van der Waals surface area contributed by atoms with Crippen molar-refractivity contribution in [3.05, 3.63) is 121 Å². The van der Waals surface area contributed by atoms with E-state index in [9.17, 15) is 13.2 Å². The summed E-state index contributed by atoms with van der Waals surface area (Å²) in [6.07, 6.45) is 3.13. The molecule has 184 valence electrons. The highest BCUT2D eigenvalue weighted by Crippen LogP contribution is 2.37. The van der Waals surface area contributed by atoms with Crippen molar-refractivity contribution < 1.29 is 17.9 Å². The van der Waals surface area contributed by atoms with E-state index in [4.69, 9.17) is 4.74 Å². The van der Waals surface area contributed by atoms with Crippen molar-refractivity contribution in [3.8, 4) is 5.75 Å². The zero-order valence-corrected chi connectivity index (χ0v) is 20.7. The molecule has 0 radical (unpaired) electrons. The maximum Gasteiger partial charge on any atom is 0.262 e. The number of para-hydroxylation sites is 1. The van der Waals surface area contributed by atoms with E-state index in [2.05, 4.69) is 9.71 Å². The number of sulfonamides is 1. The molecule has 7 nitrogen and oxygen atoms in total. The van der Waals surface area contributed by atoms with Crippen molar-refractivity contribution in [2.45, 2.75) is 4.90 Å². The molecule has 0 atom stereocenters. The number of hydrogen-bond acceptors (Lipinski definition) is 5. The predicted octanol–water partition coefficient (Wildman–Crippen LogP) is 6.02. The number of nitrogens with zero attached hydrogens (tertiary/aromatic N) is 2. The fourth-order valence-corrected chi connectivity index (χ4v) is 5.39. The molecule has 5 aromatic rings. The van der Waals surface area contributed by atoms with Crippen molar-refractivity contribution >= 4 is 43.8 Å². The van der Waals surface area contributed by atoms with Gasteiger partial charge in [0.05, 0.1) is 17.7 Å². The summed E-state index contributed by atoms with van der Waals surface area (Å²) >= 11 is 0. The van der Waals surface area contributed by atoms with Crippen LogP contribution in [0, 0.1) is 0 Å². The first kappa shape index (κ1) is 24.0. The molecule has 37 heavy (non-hydrogen) atoms. The van der Waals surface area contributed by atoms with Gasteiger partial charge in [-0.05, 0) is 60.7 Å². The first-order valence-electron chi connectivity index (χ1n) is 11.5. The average molecular weight is 510 g/mol. The lowest BCUT2D eigenvalue weighted by atomic mass is 10.1. The average Bonchev–Trinajstić information content (AvgIpc) is 2.94. The molecule has 0 spiro atoms. The van der Waals surface area contributed by atoms with Gasteiger partial charge < -0.3 is 4.74 Å². The van der Waals surface area contributed by atoms with Gasteiger partial charge in [-0.3, -0.25) is 19.4 Å². The van der Waals surface area contributed by atoms with Gasteiger partial charge >= 0.3 is 0 Å². The van der Waals surface area contributed by atoms with E-state index in [-0.39, 0.29) is 10.8 Å². The Balaban J connectivity index is 1.63. The molecule has 0 saturated carbocycles. The quantitative estimate of drug-likeness (QED) is 0.290. The number of amides is 1. The minimum Gasteiger partial charge on any atom is -0.497 e. The smallest absolute Gasteiger partial charge is 0.262 e. The molecule has 1 amide bonds. The number of pyridine rings is 1. The van der Waals surface area contributed by atoms with Crippen molar-refractivity contribution in [2.75, 3.05) is 16.7 Å². The lowest BCUT2D eigenvalue weighted by Gasteiger charge is -2.25. The fourth-order valence-electron chi connectivity index (χ4n) is 4.12. The molecule has 1 aromatic heterocycles. The molecule has 0 aliphatic carbocycles. The molecule has 1 heterocycles. The van der Waals surface area contributed by atoms with Crippen molar-refractivity contribution in [2.24, 2.45) is 0 Å². The second kappa shape index (κ2) is 10.1. The second-order valence-corrected chi connectivity index (χ2v) is 9.83. The highest BCUT2D eigenvalue weighted by molar-refractivity contribution is 7.93. The molecule has 0 aliphatic heterocycles. The van der Waals surface area contributed by atoms with E-state index >= 15 is 0 Å². The van der Waals surface area contributed by atoms with E-state index in [0.29, 0.717) is 39.1 Å². The van der Waals surface area contributed by atoms with Crippen LogP contribution >= 0.6 is 0 Å². The number of aromatic nitrogens is 1. The summed E-state index contributed by atoms with van der Waals surface area (Å²) in [4.78, 5) is 19.4. The number of fused-ring (bicyclic) bond motifs is 1. The predicted molar refractivity (Wildman–Crippen MR) is 145 cm³/mol. The maximum atomic E-state index is 13.7. The Morgan fingerprint density at radius 3 is 2.11 bits per heavy atom. The summed E-state index contributed by atoms with van der Waals surface area (Å²) in [7, 11) is -2.39. The summed E-state index contributed by atoms with van der Waals surface area (Å²) < 4.78 is 34.7. The Bertz CT molecular complexity index is 1660. The largest absolute Gasteiger partial charge is 0.497 e. The molecular formula is C29H23N3O4S. The first-order valence-corrected chi connectivity index (χ1v) is 12.9. The minimum absolute atomic E-state index is 0.104. The molecule has 1 N–H and O–H groups in total. The third kappa shape index (κ3) is 4.87. The zero-order valence-electron chi connectivity index (χ0n) is 19.9. The van der Waals surface area contributed by atoms with Gasteiger partial charge in [-0.15, -0.1) is 0 Å². The molecule has 0 unspecified atom stereocenters. The van der Waals surface area contributed by atoms with Crippen LogP contribution in [-0.4, -0.2) is 26.4 Å². The Morgan fingerprint density at radius 1 is 0.784 bits per heavy atom. The lowest BCUT2D eigenvalue weighted by molar-refractivity contribution is 0.0999. The Morgan fingerprint density at radius 2 is 1.43 bits per heavy atom. The molecule has 0 saturated heterocycles. The van der Waals surface area contributed by atoms with Crippen LogP contribution in [0.5, 0.6) is 5.75 Å². The Kier molecular flexibility index (Phi) is 6.57. The van der Waals surface area contributed by atoms with Crippen molar-refractivity contribution in [1.29, 1.82) is 0 Å². The normalized spacial score (nSPS) is 11.2. The van der Waals surface area contributed by atoms with Crippen LogP contribution in [0.3, 0.4) is 0 Å².